The normalized spacial score (nSPS) is 17.9. The summed E-state index contributed by atoms with van der Waals surface area (Å²) < 4.78 is 24.3. The Labute approximate surface area is 136 Å². The summed E-state index contributed by atoms with van der Waals surface area (Å²) in [5.74, 6) is 0.0232. The first-order valence-electron chi connectivity index (χ1n) is 7.68. The molecule has 8 heteroatoms. The predicted molar refractivity (Wildman–Crippen MR) is 86.0 cm³/mol. The first-order valence-corrected chi connectivity index (χ1v) is 9.57. The van der Waals surface area contributed by atoms with Crippen LogP contribution in [0, 0.1) is 5.92 Å². The third kappa shape index (κ3) is 5.56. The van der Waals surface area contributed by atoms with E-state index in [0.717, 1.165) is 6.26 Å². The molecule has 0 bridgehead atoms. The molecule has 1 saturated heterocycles. The lowest BCUT2D eigenvalue weighted by atomic mass is 9.89. The lowest BCUT2D eigenvalue weighted by Gasteiger charge is -2.34. The smallest absolute Gasteiger partial charge is 0.223 e. The van der Waals surface area contributed by atoms with E-state index in [0.29, 0.717) is 31.6 Å². The molecule has 1 amide bonds. The molecular weight excluding hydrogens is 318 g/mol. The van der Waals surface area contributed by atoms with Gasteiger partial charge in [0, 0.05) is 32.3 Å². The molecule has 1 fully saturated rings. The van der Waals surface area contributed by atoms with Gasteiger partial charge in [-0.1, -0.05) is 6.07 Å². The standard InChI is InChI=1S/C15H23N3O4S/c1-23(21,22)17-9-5-14(19)18-10-6-12(7-11-18)15(20)13-4-2-3-8-16-13/h2-4,8,12,15,17,20H,5-7,9-11H2,1H3/t15-/m1/s1. The molecule has 1 atom stereocenters. The highest BCUT2D eigenvalue weighted by atomic mass is 32.2. The van der Waals surface area contributed by atoms with Gasteiger partial charge in [0.2, 0.25) is 15.9 Å². The second kappa shape index (κ2) is 7.85. The van der Waals surface area contributed by atoms with Crippen LogP contribution in [-0.4, -0.2) is 55.2 Å². The van der Waals surface area contributed by atoms with Crippen LogP contribution >= 0.6 is 0 Å². The Morgan fingerprint density at radius 2 is 2.13 bits per heavy atom. The Hall–Kier alpha value is -1.51. The summed E-state index contributed by atoms with van der Waals surface area (Å²) in [6.45, 7) is 1.27. The first-order chi connectivity index (χ1) is 10.9. The summed E-state index contributed by atoms with van der Waals surface area (Å²) in [5.41, 5.74) is 0.662. The van der Waals surface area contributed by atoms with Crippen molar-refractivity contribution in [3.05, 3.63) is 30.1 Å². The van der Waals surface area contributed by atoms with Crippen LogP contribution in [0.15, 0.2) is 24.4 Å². The topological polar surface area (TPSA) is 99.6 Å². The van der Waals surface area contributed by atoms with Crippen molar-refractivity contribution in [2.24, 2.45) is 5.92 Å². The van der Waals surface area contributed by atoms with E-state index < -0.39 is 16.1 Å². The van der Waals surface area contributed by atoms with Crippen molar-refractivity contribution >= 4 is 15.9 Å². The van der Waals surface area contributed by atoms with E-state index in [2.05, 4.69) is 9.71 Å². The van der Waals surface area contributed by atoms with E-state index in [1.165, 1.54) is 0 Å². The number of likely N-dealkylation sites (tertiary alicyclic amines) is 1. The number of aliphatic hydroxyl groups excluding tert-OH is 1. The predicted octanol–water partition coefficient (Wildman–Crippen LogP) is 0.293. The quantitative estimate of drug-likeness (QED) is 0.775. The molecule has 0 radical (unpaired) electrons. The van der Waals surface area contributed by atoms with Gasteiger partial charge in [-0.05, 0) is 30.9 Å². The molecule has 0 aromatic carbocycles. The molecule has 7 nitrogen and oxygen atoms in total. The zero-order valence-electron chi connectivity index (χ0n) is 13.2. The molecule has 1 aromatic heterocycles. The maximum atomic E-state index is 12.0. The number of aromatic nitrogens is 1. The van der Waals surface area contributed by atoms with Crippen molar-refractivity contribution in [2.75, 3.05) is 25.9 Å². The van der Waals surface area contributed by atoms with E-state index in [9.17, 15) is 18.3 Å². The molecule has 1 aliphatic rings. The average Bonchev–Trinajstić information content (AvgIpc) is 2.54. The molecule has 0 unspecified atom stereocenters. The number of pyridine rings is 1. The molecule has 1 aliphatic heterocycles. The fourth-order valence-corrected chi connectivity index (χ4v) is 3.23. The van der Waals surface area contributed by atoms with E-state index in [1.807, 2.05) is 12.1 Å². The molecule has 128 valence electrons. The summed E-state index contributed by atoms with van der Waals surface area (Å²) in [6, 6.07) is 5.46. The number of sulfonamides is 1. The lowest BCUT2D eigenvalue weighted by molar-refractivity contribution is -0.133. The maximum Gasteiger partial charge on any atom is 0.223 e. The third-order valence-corrected chi connectivity index (χ3v) is 4.76. The number of hydrogen-bond acceptors (Lipinski definition) is 5. The minimum Gasteiger partial charge on any atom is -0.387 e. The SMILES string of the molecule is CS(=O)(=O)NCCC(=O)N1CCC([C@@H](O)c2ccccn2)CC1. The summed E-state index contributed by atoms with van der Waals surface area (Å²) in [7, 11) is -3.26. The Kier molecular flexibility index (Phi) is 6.09. The molecule has 2 rings (SSSR count). The molecule has 2 heterocycles. The second-order valence-corrected chi connectivity index (χ2v) is 7.67. The van der Waals surface area contributed by atoms with Crippen LogP contribution in [0.3, 0.4) is 0 Å². The van der Waals surface area contributed by atoms with Gasteiger partial charge in [-0.3, -0.25) is 9.78 Å². The number of nitrogens with one attached hydrogen (secondary N) is 1. The van der Waals surface area contributed by atoms with Gasteiger partial charge in [-0.15, -0.1) is 0 Å². The fourth-order valence-electron chi connectivity index (χ4n) is 2.76. The molecule has 23 heavy (non-hydrogen) atoms. The Bertz CT molecular complexity index is 613. The van der Waals surface area contributed by atoms with Gasteiger partial charge in [-0.25, -0.2) is 13.1 Å². The van der Waals surface area contributed by atoms with Crippen molar-refractivity contribution in [3.8, 4) is 0 Å². The van der Waals surface area contributed by atoms with Crippen LogP contribution in [0.1, 0.15) is 31.1 Å². The van der Waals surface area contributed by atoms with E-state index in [-0.39, 0.29) is 24.8 Å². The number of rotatable bonds is 6. The summed E-state index contributed by atoms with van der Waals surface area (Å²) in [6.07, 6.45) is 3.70. The van der Waals surface area contributed by atoms with Gasteiger partial charge in [-0.2, -0.15) is 0 Å². The van der Waals surface area contributed by atoms with Crippen LogP contribution in [0.25, 0.3) is 0 Å². The van der Waals surface area contributed by atoms with Crippen LogP contribution in [-0.2, 0) is 14.8 Å². The van der Waals surface area contributed by atoms with Crippen molar-refractivity contribution in [1.29, 1.82) is 0 Å². The highest BCUT2D eigenvalue weighted by Gasteiger charge is 2.28. The molecule has 0 aliphatic carbocycles. The summed E-state index contributed by atoms with van der Waals surface area (Å²) >= 11 is 0. The number of hydrogen-bond donors (Lipinski definition) is 2. The van der Waals surface area contributed by atoms with Crippen molar-refractivity contribution < 1.29 is 18.3 Å². The number of amides is 1. The molecule has 0 saturated carbocycles. The van der Waals surface area contributed by atoms with Gasteiger partial charge in [0.15, 0.2) is 0 Å². The minimum atomic E-state index is -3.26. The Morgan fingerprint density at radius 3 is 2.70 bits per heavy atom. The largest absolute Gasteiger partial charge is 0.387 e. The Balaban J connectivity index is 1.78. The first kappa shape index (κ1) is 17.8. The zero-order valence-corrected chi connectivity index (χ0v) is 14.0. The summed E-state index contributed by atoms with van der Waals surface area (Å²) in [5, 5.41) is 10.4. The Morgan fingerprint density at radius 1 is 1.43 bits per heavy atom. The molecule has 2 N–H and O–H groups in total. The summed E-state index contributed by atoms with van der Waals surface area (Å²) in [4.78, 5) is 18.0. The van der Waals surface area contributed by atoms with Crippen LogP contribution in [0.4, 0.5) is 0 Å². The molecule has 0 spiro atoms. The fraction of sp³-hybridized carbons (Fsp3) is 0.600. The maximum absolute atomic E-state index is 12.0. The van der Waals surface area contributed by atoms with E-state index in [1.54, 1.807) is 17.2 Å². The van der Waals surface area contributed by atoms with Crippen LogP contribution < -0.4 is 4.72 Å². The monoisotopic (exact) mass is 341 g/mol. The van der Waals surface area contributed by atoms with Gasteiger partial charge in [0.25, 0.3) is 0 Å². The highest BCUT2D eigenvalue weighted by Crippen LogP contribution is 2.29. The third-order valence-electron chi connectivity index (χ3n) is 4.03. The van der Waals surface area contributed by atoms with Gasteiger partial charge >= 0.3 is 0 Å². The minimum absolute atomic E-state index is 0.0630. The van der Waals surface area contributed by atoms with E-state index in [4.69, 9.17) is 0 Å². The second-order valence-electron chi connectivity index (χ2n) is 5.83. The van der Waals surface area contributed by atoms with Gasteiger partial charge < -0.3 is 10.0 Å². The van der Waals surface area contributed by atoms with Gasteiger partial charge in [0.05, 0.1) is 18.1 Å². The van der Waals surface area contributed by atoms with Crippen molar-refractivity contribution in [2.45, 2.75) is 25.4 Å². The number of piperidine rings is 1. The van der Waals surface area contributed by atoms with E-state index >= 15 is 0 Å². The van der Waals surface area contributed by atoms with Crippen molar-refractivity contribution in [1.82, 2.24) is 14.6 Å². The zero-order chi connectivity index (χ0) is 16.9. The lowest BCUT2D eigenvalue weighted by Crippen LogP contribution is -2.41. The van der Waals surface area contributed by atoms with Crippen LogP contribution in [0.5, 0.6) is 0 Å². The van der Waals surface area contributed by atoms with Gasteiger partial charge in [0.1, 0.15) is 0 Å². The molecule has 1 aromatic rings. The highest BCUT2D eigenvalue weighted by molar-refractivity contribution is 7.88. The average molecular weight is 341 g/mol. The van der Waals surface area contributed by atoms with Crippen LogP contribution in [0.2, 0.25) is 0 Å². The number of carbonyl (C=O) groups is 1. The number of aliphatic hydroxyl groups is 1. The number of nitrogens with zero attached hydrogens (tertiary/aromatic N) is 2. The molecular formula is C15H23N3O4S. The number of carbonyl (C=O) groups excluding carboxylic acids is 1. The van der Waals surface area contributed by atoms with Crippen molar-refractivity contribution in [3.63, 3.8) is 0 Å².